The van der Waals surface area contributed by atoms with Crippen LogP contribution in [0.4, 0.5) is 4.79 Å². The lowest BCUT2D eigenvalue weighted by atomic mass is 10.0. The third kappa shape index (κ3) is 8.56. The van der Waals surface area contributed by atoms with E-state index in [2.05, 4.69) is 10.3 Å². The SMILES string of the molecule is COc1ccc(-c2cc(C(=O)N[C@@H](CCC(=O)OC(C)(C)C)C(=O)N3CCN(C(=O)O)CC3)nc(-c3ccccc3)c2)cc1. The molecule has 0 saturated carbocycles. The van der Waals surface area contributed by atoms with Gasteiger partial charge in [0, 0.05) is 38.2 Å². The van der Waals surface area contributed by atoms with Crippen molar-refractivity contribution in [1.82, 2.24) is 20.1 Å². The zero-order valence-electron chi connectivity index (χ0n) is 25.4. The first kappa shape index (κ1) is 32.0. The molecule has 3 aromatic rings. The third-order valence-corrected chi connectivity index (χ3v) is 7.07. The van der Waals surface area contributed by atoms with Gasteiger partial charge in [0.25, 0.3) is 5.91 Å². The van der Waals surface area contributed by atoms with E-state index in [1.54, 1.807) is 33.9 Å². The first-order valence-electron chi connectivity index (χ1n) is 14.4. The van der Waals surface area contributed by atoms with Crippen LogP contribution < -0.4 is 10.1 Å². The van der Waals surface area contributed by atoms with Gasteiger partial charge in [0.1, 0.15) is 23.1 Å². The third-order valence-electron chi connectivity index (χ3n) is 7.07. The number of benzene rings is 2. The Balaban J connectivity index is 1.62. The maximum atomic E-state index is 13.8. The molecule has 1 fully saturated rings. The van der Waals surface area contributed by atoms with Crippen LogP contribution in [0.2, 0.25) is 0 Å². The highest BCUT2D eigenvalue weighted by atomic mass is 16.6. The van der Waals surface area contributed by atoms with Gasteiger partial charge in [-0.15, -0.1) is 0 Å². The van der Waals surface area contributed by atoms with Crippen molar-refractivity contribution in [1.29, 1.82) is 0 Å². The van der Waals surface area contributed by atoms with Crippen LogP contribution in [0.1, 0.15) is 44.1 Å². The summed E-state index contributed by atoms with van der Waals surface area (Å²) in [4.78, 5) is 58.7. The topological polar surface area (TPSA) is 138 Å². The molecule has 1 aromatic heterocycles. The Hall–Kier alpha value is -4.93. The molecule has 2 N–H and O–H groups in total. The van der Waals surface area contributed by atoms with Crippen LogP contribution in [0.25, 0.3) is 22.4 Å². The van der Waals surface area contributed by atoms with Crippen LogP contribution in [0.3, 0.4) is 0 Å². The zero-order valence-corrected chi connectivity index (χ0v) is 25.4. The fourth-order valence-electron chi connectivity index (χ4n) is 4.84. The number of amides is 3. The average Bonchev–Trinajstić information content (AvgIpc) is 3.02. The Morgan fingerprint density at radius 2 is 1.52 bits per heavy atom. The number of pyridine rings is 1. The molecule has 11 heteroatoms. The van der Waals surface area contributed by atoms with Crippen molar-refractivity contribution < 1.29 is 33.8 Å². The molecule has 0 spiro atoms. The number of ether oxygens (including phenoxy) is 2. The molecule has 11 nitrogen and oxygen atoms in total. The summed E-state index contributed by atoms with van der Waals surface area (Å²) in [6.45, 7) is 5.91. The van der Waals surface area contributed by atoms with Gasteiger partial charge in [-0.05, 0) is 62.6 Å². The van der Waals surface area contributed by atoms with Crippen molar-refractivity contribution in [3.05, 3.63) is 72.4 Å². The normalized spacial score (nSPS) is 14.0. The van der Waals surface area contributed by atoms with Crippen molar-refractivity contribution in [3.8, 4) is 28.1 Å². The molecule has 0 radical (unpaired) electrons. The molecule has 2 heterocycles. The second kappa shape index (κ2) is 14.0. The van der Waals surface area contributed by atoms with E-state index in [1.165, 1.54) is 9.80 Å². The summed E-state index contributed by atoms with van der Waals surface area (Å²) >= 11 is 0. The lowest BCUT2D eigenvalue weighted by Gasteiger charge is -2.35. The van der Waals surface area contributed by atoms with Gasteiger partial charge in [-0.3, -0.25) is 14.4 Å². The Labute approximate surface area is 256 Å². The summed E-state index contributed by atoms with van der Waals surface area (Å²) in [5.41, 5.74) is 2.37. The van der Waals surface area contributed by atoms with Crippen LogP contribution in [0, 0.1) is 0 Å². The number of esters is 1. The molecule has 0 bridgehead atoms. The van der Waals surface area contributed by atoms with E-state index in [0.29, 0.717) is 11.4 Å². The summed E-state index contributed by atoms with van der Waals surface area (Å²) in [6, 6.07) is 19.4. The maximum absolute atomic E-state index is 13.8. The molecular weight excluding hydrogens is 564 g/mol. The summed E-state index contributed by atoms with van der Waals surface area (Å²) < 4.78 is 10.7. The van der Waals surface area contributed by atoms with Crippen LogP contribution in [-0.2, 0) is 14.3 Å². The van der Waals surface area contributed by atoms with Crippen molar-refractivity contribution in [2.75, 3.05) is 33.3 Å². The quantitative estimate of drug-likeness (QED) is 0.342. The largest absolute Gasteiger partial charge is 0.497 e. The number of carbonyl (C=O) groups excluding carboxylic acids is 3. The molecule has 2 aromatic carbocycles. The Bertz CT molecular complexity index is 1480. The van der Waals surface area contributed by atoms with E-state index in [1.807, 2.05) is 60.7 Å². The van der Waals surface area contributed by atoms with Crippen LogP contribution in [-0.4, -0.2) is 88.7 Å². The average molecular weight is 603 g/mol. The first-order chi connectivity index (χ1) is 20.9. The minimum Gasteiger partial charge on any atom is -0.497 e. The van der Waals surface area contributed by atoms with Gasteiger partial charge >= 0.3 is 12.1 Å². The number of aromatic nitrogens is 1. The predicted octanol–water partition coefficient (Wildman–Crippen LogP) is 4.47. The summed E-state index contributed by atoms with van der Waals surface area (Å²) in [5.74, 6) is -0.781. The molecule has 1 atom stereocenters. The molecule has 0 aliphatic carbocycles. The van der Waals surface area contributed by atoms with Crippen LogP contribution >= 0.6 is 0 Å². The smallest absolute Gasteiger partial charge is 0.407 e. The number of nitrogens with zero attached hydrogens (tertiary/aromatic N) is 3. The van der Waals surface area contributed by atoms with Gasteiger partial charge in [0.15, 0.2) is 0 Å². The molecule has 3 amide bonds. The van der Waals surface area contributed by atoms with Crippen LogP contribution in [0.5, 0.6) is 5.75 Å². The number of carbonyl (C=O) groups is 4. The van der Waals surface area contributed by atoms with E-state index < -0.39 is 35.5 Å². The predicted molar refractivity (Wildman–Crippen MR) is 164 cm³/mol. The van der Waals surface area contributed by atoms with E-state index in [0.717, 1.165) is 16.7 Å². The highest BCUT2D eigenvalue weighted by Gasteiger charge is 2.31. The van der Waals surface area contributed by atoms with Gasteiger partial charge in [0.2, 0.25) is 5.91 Å². The van der Waals surface area contributed by atoms with E-state index in [-0.39, 0.29) is 44.7 Å². The number of hydrogen-bond acceptors (Lipinski definition) is 7. The number of hydrogen-bond donors (Lipinski definition) is 2. The lowest BCUT2D eigenvalue weighted by molar-refractivity contribution is -0.155. The second-order valence-electron chi connectivity index (χ2n) is 11.5. The second-order valence-corrected chi connectivity index (χ2v) is 11.5. The minimum atomic E-state index is -1.06. The first-order valence-corrected chi connectivity index (χ1v) is 14.4. The molecule has 1 saturated heterocycles. The fraction of sp³-hybridized carbons (Fsp3) is 0.364. The van der Waals surface area contributed by atoms with Crippen molar-refractivity contribution in [2.45, 2.75) is 45.3 Å². The molecule has 1 aliphatic heterocycles. The highest BCUT2D eigenvalue weighted by Crippen LogP contribution is 2.28. The van der Waals surface area contributed by atoms with Crippen molar-refractivity contribution in [2.24, 2.45) is 0 Å². The van der Waals surface area contributed by atoms with Crippen molar-refractivity contribution in [3.63, 3.8) is 0 Å². The van der Waals surface area contributed by atoms with E-state index >= 15 is 0 Å². The number of piperazine rings is 1. The summed E-state index contributed by atoms with van der Waals surface area (Å²) in [6.07, 6.45) is -1.15. The van der Waals surface area contributed by atoms with Gasteiger partial charge in [0.05, 0.1) is 12.8 Å². The monoisotopic (exact) mass is 602 g/mol. The number of nitrogens with one attached hydrogen (secondary N) is 1. The highest BCUT2D eigenvalue weighted by molar-refractivity contribution is 5.98. The number of methoxy groups -OCH3 is 1. The zero-order chi connectivity index (χ0) is 31.9. The molecule has 44 heavy (non-hydrogen) atoms. The Morgan fingerprint density at radius 1 is 0.886 bits per heavy atom. The standard InChI is InChI=1S/C33H38N4O7/c1-33(2,3)44-29(38)15-14-26(31(40)36-16-18-37(19-17-36)32(41)42)35-30(39)28-21-24(22-10-12-25(43-4)13-11-22)20-27(34-28)23-8-6-5-7-9-23/h5-13,20-21,26H,14-19H2,1-4H3,(H,35,39)(H,41,42)/t26-/m0/s1. The maximum Gasteiger partial charge on any atom is 0.407 e. The number of rotatable bonds is 9. The van der Waals surface area contributed by atoms with E-state index in [9.17, 15) is 24.3 Å². The molecule has 0 unspecified atom stereocenters. The lowest BCUT2D eigenvalue weighted by Crippen LogP contribution is -2.55. The van der Waals surface area contributed by atoms with Gasteiger partial charge < -0.3 is 29.7 Å². The summed E-state index contributed by atoms with van der Waals surface area (Å²) in [5, 5.41) is 12.1. The minimum absolute atomic E-state index is 0.00233. The number of carboxylic acid groups (broad SMARTS) is 1. The molecule has 4 rings (SSSR count). The van der Waals surface area contributed by atoms with Gasteiger partial charge in [-0.2, -0.15) is 0 Å². The Morgan fingerprint density at radius 3 is 2.11 bits per heavy atom. The van der Waals surface area contributed by atoms with Crippen molar-refractivity contribution >= 4 is 23.9 Å². The Kier molecular flexibility index (Phi) is 10.2. The molecule has 1 aliphatic rings. The molecular formula is C33H38N4O7. The van der Waals surface area contributed by atoms with Crippen LogP contribution in [0.15, 0.2) is 66.7 Å². The van der Waals surface area contributed by atoms with Gasteiger partial charge in [-0.1, -0.05) is 42.5 Å². The van der Waals surface area contributed by atoms with Gasteiger partial charge in [-0.25, -0.2) is 9.78 Å². The summed E-state index contributed by atoms with van der Waals surface area (Å²) in [7, 11) is 1.59. The molecule has 232 valence electrons. The van der Waals surface area contributed by atoms with E-state index in [4.69, 9.17) is 9.47 Å². The fourth-order valence-corrected chi connectivity index (χ4v) is 4.84.